The molecular weight excluding hydrogens is 248 g/mol. The number of halogens is 1. The van der Waals surface area contributed by atoms with Crippen LogP contribution in [0.2, 0.25) is 5.02 Å². The van der Waals surface area contributed by atoms with E-state index < -0.39 is 0 Å². The molecule has 0 bridgehead atoms. The minimum atomic E-state index is 0.554. The molecule has 0 amide bonds. The van der Waals surface area contributed by atoms with Crippen molar-refractivity contribution in [3.05, 3.63) is 40.3 Å². The van der Waals surface area contributed by atoms with Crippen molar-refractivity contribution in [1.82, 2.24) is 14.8 Å². The van der Waals surface area contributed by atoms with E-state index in [2.05, 4.69) is 17.0 Å². The summed E-state index contributed by atoms with van der Waals surface area (Å²) in [5.74, 6) is 0.554. The van der Waals surface area contributed by atoms with E-state index in [0.29, 0.717) is 5.82 Å². The molecule has 0 unspecified atom stereocenters. The van der Waals surface area contributed by atoms with Gasteiger partial charge in [-0.05, 0) is 44.4 Å². The lowest BCUT2D eigenvalue weighted by Crippen LogP contribution is -2.04. The molecule has 0 spiro atoms. The van der Waals surface area contributed by atoms with Crippen LogP contribution in [0.4, 0.5) is 5.82 Å². The average Bonchev–Trinajstić information content (AvgIpc) is 2.63. The fourth-order valence-electron chi connectivity index (χ4n) is 2.02. The second-order valence-electron chi connectivity index (χ2n) is 4.25. The van der Waals surface area contributed by atoms with Crippen LogP contribution in [0.5, 0.6) is 0 Å². The largest absolute Gasteiger partial charge is 0.384 e. The molecule has 2 rings (SSSR count). The maximum absolute atomic E-state index is 6.27. The van der Waals surface area contributed by atoms with Crippen LogP contribution < -0.4 is 5.73 Å². The van der Waals surface area contributed by atoms with E-state index in [1.54, 1.807) is 6.20 Å². The molecule has 4 nitrogen and oxygen atoms in total. The second-order valence-corrected chi connectivity index (χ2v) is 4.63. The monoisotopic (exact) mass is 264 g/mol. The minimum Gasteiger partial charge on any atom is -0.384 e. The van der Waals surface area contributed by atoms with Crippen LogP contribution in [0.3, 0.4) is 0 Å². The van der Waals surface area contributed by atoms with Gasteiger partial charge in [0, 0.05) is 12.7 Å². The number of aryl methyl sites for hydroxylation is 3. The van der Waals surface area contributed by atoms with Gasteiger partial charge < -0.3 is 5.73 Å². The van der Waals surface area contributed by atoms with Gasteiger partial charge in [-0.15, -0.1) is 0 Å². The van der Waals surface area contributed by atoms with Gasteiger partial charge in [0.25, 0.3) is 0 Å². The molecule has 96 valence electrons. The van der Waals surface area contributed by atoms with Crippen molar-refractivity contribution >= 4 is 17.4 Å². The van der Waals surface area contributed by atoms with Crippen LogP contribution in [0.1, 0.15) is 23.9 Å². The van der Waals surface area contributed by atoms with E-state index in [1.807, 2.05) is 23.7 Å². The highest BCUT2D eigenvalue weighted by Crippen LogP contribution is 2.22. The number of hydrogen-bond donors (Lipinski definition) is 1. The number of hydrogen-bond acceptors (Lipinski definition) is 3. The maximum atomic E-state index is 6.27. The smallest absolute Gasteiger partial charge is 0.123 e. The van der Waals surface area contributed by atoms with Crippen molar-refractivity contribution in [1.29, 1.82) is 0 Å². The summed E-state index contributed by atoms with van der Waals surface area (Å²) in [6.07, 6.45) is 3.48. The van der Waals surface area contributed by atoms with Crippen LogP contribution >= 0.6 is 11.6 Å². The standard InChI is InChI=1S/C13H17ClN4/c1-3-18-11(13(14)9(2)17-18)5-4-10-6-7-16-12(15)8-10/h6-8H,3-5H2,1-2H3,(H2,15,16). The van der Waals surface area contributed by atoms with Crippen molar-refractivity contribution in [3.8, 4) is 0 Å². The van der Waals surface area contributed by atoms with Gasteiger partial charge in [-0.2, -0.15) is 5.10 Å². The van der Waals surface area contributed by atoms with Gasteiger partial charge in [-0.1, -0.05) is 11.6 Å². The fraction of sp³-hybridized carbons (Fsp3) is 0.385. The van der Waals surface area contributed by atoms with Gasteiger partial charge >= 0.3 is 0 Å². The Morgan fingerprint density at radius 1 is 1.39 bits per heavy atom. The highest BCUT2D eigenvalue weighted by Gasteiger charge is 2.12. The lowest BCUT2D eigenvalue weighted by atomic mass is 10.1. The Kier molecular flexibility index (Phi) is 3.87. The first kappa shape index (κ1) is 12.9. The molecule has 0 saturated heterocycles. The lowest BCUT2D eigenvalue weighted by molar-refractivity contribution is 0.614. The van der Waals surface area contributed by atoms with Gasteiger partial charge in [0.1, 0.15) is 5.82 Å². The van der Waals surface area contributed by atoms with E-state index in [0.717, 1.165) is 35.8 Å². The third-order valence-corrected chi connectivity index (χ3v) is 3.44. The summed E-state index contributed by atoms with van der Waals surface area (Å²) < 4.78 is 1.96. The summed E-state index contributed by atoms with van der Waals surface area (Å²) in [6.45, 7) is 4.83. The number of aromatic nitrogens is 3. The Bertz CT molecular complexity index is 548. The molecule has 0 aliphatic carbocycles. The van der Waals surface area contributed by atoms with Crippen LogP contribution in [0.15, 0.2) is 18.3 Å². The van der Waals surface area contributed by atoms with Gasteiger partial charge in [0.05, 0.1) is 16.4 Å². The Hall–Kier alpha value is -1.55. The molecule has 2 aromatic heterocycles. The fourth-order valence-corrected chi connectivity index (χ4v) is 2.25. The van der Waals surface area contributed by atoms with Gasteiger partial charge in [-0.25, -0.2) is 4.98 Å². The van der Waals surface area contributed by atoms with Gasteiger partial charge in [0.15, 0.2) is 0 Å². The van der Waals surface area contributed by atoms with E-state index >= 15 is 0 Å². The molecule has 0 aliphatic heterocycles. The van der Waals surface area contributed by atoms with Crippen molar-refractivity contribution in [2.75, 3.05) is 5.73 Å². The predicted octanol–water partition coefficient (Wildman–Crippen LogP) is 2.63. The minimum absolute atomic E-state index is 0.554. The molecule has 0 atom stereocenters. The van der Waals surface area contributed by atoms with Crippen LogP contribution in [0.25, 0.3) is 0 Å². The van der Waals surface area contributed by atoms with Gasteiger partial charge in [0.2, 0.25) is 0 Å². The zero-order chi connectivity index (χ0) is 13.1. The van der Waals surface area contributed by atoms with E-state index in [4.69, 9.17) is 17.3 Å². The molecule has 0 fully saturated rings. The van der Waals surface area contributed by atoms with Crippen molar-refractivity contribution in [2.24, 2.45) is 0 Å². The SMILES string of the molecule is CCn1nc(C)c(Cl)c1CCc1ccnc(N)c1. The predicted molar refractivity (Wildman–Crippen MR) is 73.7 cm³/mol. The Balaban J connectivity index is 2.15. The van der Waals surface area contributed by atoms with E-state index in [9.17, 15) is 0 Å². The quantitative estimate of drug-likeness (QED) is 0.924. The summed E-state index contributed by atoms with van der Waals surface area (Å²) >= 11 is 6.27. The highest BCUT2D eigenvalue weighted by atomic mass is 35.5. The average molecular weight is 265 g/mol. The normalized spacial score (nSPS) is 10.8. The van der Waals surface area contributed by atoms with Gasteiger partial charge in [-0.3, -0.25) is 4.68 Å². The molecule has 18 heavy (non-hydrogen) atoms. The number of nitrogens with zero attached hydrogens (tertiary/aromatic N) is 3. The summed E-state index contributed by atoms with van der Waals surface area (Å²) in [4.78, 5) is 3.98. The second kappa shape index (κ2) is 5.40. The van der Waals surface area contributed by atoms with E-state index in [1.165, 1.54) is 5.56 Å². The van der Waals surface area contributed by atoms with Crippen molar-refractivity contribution in [2.45, 2.75) is 33.2 Å². The molecule has 0 aromatic carbocycles. The van der Waals surface area contributed by atoms with E-state index in [-0.39, 0.29) is 0 Å². The first-order valence-electron chi connectivity index (χ1n) is 6.04. The third kappa shape index (κ3) is 2.64. The number of nitrogen functional groups attached to an aromatic ring is 1. The summed E-state index contributed by atoms with van der Waals surface area (Å²) in [6, 6.07) is 3.87. The highest BCUT2D eigenvalue weighted by molar-refractivity contribution is 6.31. The number of anilines is 1. The Labute approximate surface area is 112 Å². The molecule has 0 aliphatic rings. The Morgan fingerprint density at radius 2 is 2.17 bits per heavy atom. The number of pyridine rings is 1. The molecule has 0 radical (unpaired) electrons. The summed E-state index contributed by atoms with van der Waals surface area (Å²) in [7, 11) is 0. The first-order chi connectivity index (χ1) is 8.61. The van der Waals surface area contributed by atoms with Crippen LogP contribution in [-0.2, 0) is 19.4 Å². The molecular formula is C13H17ClN4. The summed E-state index contributed by atoms with van der Waals surface area (Å²) in [5.41, 5.74) is 8.81. The topological polar surface area (TPSA) is 56.7 Å². The Morgan fingerprint density at radius 3 is 2.83 bits per heavy atom. The maximum Gasteiger partial charge on any atom is 0.123 e. The van der Waals surface area contributed by atoms with Crippen LogP contribution in [-0.4, -0.2) is 14.8 Å². The lowest BCUT2D eigenvalue weighted by Gasteiger charge is -2.06. The molecule has 2 N–H and O–H groups in total. The number of nitrogens with two attached hydrogens (primary N) is 1. The van der Waals surface area contributed by atoms with Crippen molar-refractivity contribution in [3.63, 3.8) is 0 Å². The zero-order valence-corrected chi connectivity index (χ0v) is 11.4. The zero-order valence-electron chi connectivity index (χ0n) is 10.7. The van der Waals surface area contributed by atoms with Crippen molar-refractivity contribution < 1.29 is 0 Å². The molecule has 2 heterocycles. The first-order valence-corrected chi connectivity index (χ1v) is 6.41. The molecule has 0 saturated carbocycles. The van der Waals surface area contributed by atoms with Crippen LogP contribution in [0, 0.1) is 6.92 Å². The third-order valence-electron chi connectivity index (χ3n) is 2.95. The molecule has 5 heteroatoms. The summed E-state index contributed by atoms with van der Waals surface area (Å²) in [5, 5.41) is 5.18. The molecule has 2 aromatic rings. The number of rotatable bonds is 4.